The highest BCUT2D eigenvalue weighted by Gasteiger charge is 2.31. The zero-order chi connectivity index (χ0) is 26.2. The summed E-state index contributed by atoms with van der Waals surface area (Å²) in [4.78, 5) is 22.6. The summed E-state index contributed by atoms with van der Waals surface area (Å²) in [7, 11) is 0. The van der Waals surface area contributed by atoms with Crippen LogP contribution in [0.2, 0.25) is 5.02 Å². The van der Waals surface area contributed by atoms with E-state index in [0.29, 0.717) is 18.9 Å². The molecule has 8 nitrogen and oxygen atoms in total. The van der Waals surface area contributed by atoms with Gasteiger partial charge in [0.2, 0.25) is 5.75 Å². The number of benzene rings is 2. The molecule has 0 saturated heterocycles. The van der Waals surface area contributed by atoms with Crippen molar-refractivity contribution in [2.75, 3.05) is 6.61 Å². The largest absolute Gasteiger partial charge is 0.479 e. The van der Waals surface area contributed by atoms with Gasteiger partial charge in [-0.05, 0) is 43.7 Å². The summed E-state index contributed by atoms with van der Waals surface area (Å²) in [6, 6.07) is 6.11. The number of nitro groups is 1. The van der Waals surface area contributed by atoms with Gasteiger partial charge in [0.1, 0.15) is 23.7 Å². The molecule has 0 aliphatic heterocycles. The van der Waals surface area contributed by atoms with Crippen molar-refractivity contribution in [3.63, 3.8) is 0 Å². The summed E-state index contributed by atoms with van der Waals surface area (Å²) in [5.74, 6) is -0.969. The molecule has 0 aromatic heterocycles. The van der Waals surface area contributed by atoms with E-state index in [1.165, 1.54) is 25.1 Å². The van der Waals surface area contributed by atoms with E-state index in [0.717, 1.165) is 24.3 Å². The molecule has 0 amide bonds. The first-order valence-corrected chi connectivity index (χ1v) is 10.8. The van der Waals surface area contributed by atoms with Gasteiger partial charge in [0.05, 0.1) is 22.1 Å². The highest BCUT2D eigenvalue weighted by molar-refractivity contribution is 6.32. The van der Waals surface area contributed by atoms with Crippen LogP contribution in [0.1, 0.15) is 32.3 Å². The molecule has 0 saturated carbocycles. The Bertz CT molecular complexity index is 1080. The molecule has 2 atom stereocenters. The van der Waals surface area contributed by atoms with Crippen LogP contribution >= 0.6 is 11.6 Å². The first-order chi connectivity index (χ1) is 16.4. The van der Waals surface area contributed by atoms with Crippen molar-refractivity contribution in [3.8, 4) is 17.2 Å². The van der Waals surface area contributed by atoms with Gasteiger partial charge in [-0.25, -0.2) is 4.79 Å². The average molecular weight is 518 g/mol. The van der Waals surface area contributed by atoms with E-state index in [9.17, 15) is 28.1 Å². The second-order valence-electron chi connectivity index (χ2n) is 7.37. The average Bonchev–Trinajstić information content (AvgIpc) is 2.78. The minimum Gasteiger partial charge on any atom is -0.479 e. The molecule has 0 heterocycles. The van der Waals surface area contributed by atoms with Crippen LogP contribution in [0.15, 0.2) is 48.6 Å². The van der Waals surface area contributed by atoms with Gasteiger partial charge in [-0.1, -0.05) is 24.9 Å². The van der Waals surface area contributed by atoms with Crippen molar-refractivity contribution in [2.24, 2.45) is 0 Å². The minimum atomic E-state index is -4.58. The van der Waals surface area contributed by atoms with E-state index in [2.05, 4.69) is 0 Å². The molecule has 2 aromatic rings. The molecule has 0 spiro atoms. The van der Waals surface area contributed by atoms with Gasteiger partial charge in [-0.3, -0.25) is 10.1 Å². The molecular formula is C23H23ClF3NO7. The van der Waals surface area contributed by atoms with E-state index in [-0.39, 0.29) is 34.6 Å². The normalized spacial score (nSPS) is 13.3. The summed E-state index contributed by atoms with van der Waals surface area (Å²) in [5, 5.41) is 20.1. The zero-order valence-corrected chi connectivity index (χ0v) is 19.5. The van der Waals surface area contributed by atoms with Crippen molar-refractivity contribution in [2.45, 2.75) is 45.1 Å². The van der Waals surface area contributed by atoms with Gasteiger partial charge in [0.25, 0.3) is 0 Å². The van der Waals surface area contributed by atoms with Gasteiger partial charge >= 0.3 is 17.8 Å². The molecule has 12 heteroatoms. The number of nitrogens with zero attached hydrogens (tertiary/aromatic N) is 1. The minimum absolute atomic E-state index is 0.0302. The van der Waals surface area contributed by atoms with Crippen LogP contribution in [0.4, 0.5) is 18.9 Å². The maximum absolute atomic E-state index is 12.9. The van der Waals surface area contributed by atoms with Gasteiger partial charge in [-0.15, -0.1) is 0 Å². The molecule has 0 aliphatic rings. The van der Waals surface area contributed by atoms with Crippen molar-refractivity contribution in [1.82, 2.24) is 0 Å². The number of carbonyl (C=O) groups is 1. The van der Waals surface area contributed by atoms with Crippen molar-refractivity contribution >= 4 is 23.3 Å². The molecule has 0 fully saturated rings. The molecule has 35 heavy (non-hydrogen) atoms. The SMILES string of the molecule is CCCC(C=CC(=O)OC(C)CO)Oc1cc(Oc2ccc(C(F)(F)F)cc2Cl)ccc1[N+](=O)[O-]. The standard InChI is InChI=1S/C23H23ClF3NO7/c1-3-4-16(7-10-22(30)33-14(2)13-29)34-21-12-17(6-8-19(21)28(31)32)35-20-9-5-15(11-18(20)24)23(25,26)27/h5-12,14,16,29H,3-4,13H2,1-2H3. The van der Waals surface area contributed by atoms with Gasteiger partial charge in [0, 0.05) is 18.2 Å². The Morgan fingerprint density at radius 2 is 1.94 bits per heavy atom. The van der Waals surface area contributed by atoms with Crippen LogP contribution < -0.4 is 9.47 Å². The number of hydrogen-bond donors (Lipinski definition) is 1. The lowest BCUT2D eigenvalue weighted by molar-refractivity contribution is -0.386. The lowest BCUT2D eigenvalue weighted by atomic mass is 10.2. The number of halogens is 4. The number of rotatable bonds is 11. The molecule has 2 unspecified atom stereocenters. The molecule has 0 radical (unpaired) electrons. The summed E-state index contributed by atoms with van der Waals surface area (Å²) in [5.41, 5.74) is -1.34. The van der Waals surface area contributed by atoms with Crippen molar-refractivity contribution in [1.29, 1.82) is 0 Å². The number of alkyl halides is 3. The number of esters is 1. The monoisotopic (exact) mass is 517 g/mol. The maximum atomic E-state index is 12.9. The zero-order valence-electron chi connectivity index (χ0n) is 18.8. The van der Waals surface area contributed by atoms with E-state index in [1.807, 2.05) is 6.92 Å². The predicted molar refractivity (Wildman–Crippen MR) is 121 cm³/mol. The van der Waals surface area contributed by atoms with E-state index in [4.69, 9.17) is 30.9 Å². The van der Waals surface area contributed by atoms with Crippen LogP contribution in [-0.2, 0) is 15.7 Å². The number of carbonyl (C=O) groups excluding carboxylic acids is 1. The quantitative estimate of drug-likeness (QED) is 0.166. The Morgan fingerprint density at radius 1 is 1.23 bits per heavy atom. The molecule has 190 valence electrons. The summed E-state index contributed by atoms with van der Waals surface area (Å²) >= 11 is 5.92. The van der Waals surface area contributed by atoms with Crippen LogP contribution in [0.3, 0.4) is 0 Å². The molecule has 0 bridgehead atoms. The smallest absolute Gasteiger partial charge is 0.416 e. The maximum Gasteiger partial charge on any atom is 0.416 e. The van der Waals surface area contributed by atoms with Gasteiger partial charge < -0.3 is 19.3 Å². The number of aliphatic hydroxyl groups excluding tert-OH is 1. The van der Waals surface area contributed by atoms with Crippen LogP contribution in [0.25, 0.3) is 0 Å². The number of hydrogen-bond acceptors (Lipinski definition) is 7. The third kappa shape index (κ3) is 8.45. The Morgan fingerprint density at radius 3 is 2.51 bits per heavy atom. The fraction of sp³-hybridized carbons (Fsp3) is 0.348. The Kier molecular flexibility index (Phi) is 9.90. The fourth-order valence-corrected chi connectivity index (χ4v) is 3.01. The Hall–Kier alpha value is -3.31. The lowest BCUT2D eigenvalue weighted by Gasteiger charge is -2.16. The summed E-state index contributed by atoms with van der Waals surface area (Å²) in [6.45, 7) is 3.00. The lowest BCUT2D eigenvalue weighted by Crippen LogP contribution is -2.18. The van der Waals surface area contributed by atoms with Crippen LogP contribution in [-0.4, -0.2) is 34.8 Å². The van der Waals surface area contributed by atoms with E-state index < -0.39 is 34.8 Å². The van der Waals surface area contributed by atoms with Crippen molar-refractivity contribution < 1.29 is 42.2 Å². The highest BCUT2D eigenvalue weighted by Crippen LogP contribution is 2.39. The topological polar surface area (TPSA) is 108 Å². The number of aliphatic hydroxyl groups is 1. The van der Waals surface area contributed by atoms with Crippen LogP contribution in [0.5, 0.6) is 17.2 Å². The predicted octanol–water partition coefficient (Wildman–Crippen LogP) is 6.09. The summed E-state index contributed by atoms with van der Waals surface area (Å²) in [6.07, 6.45) is -2.55. The molecule has 0 aliphatic carbocycles. The second-order valence-corrected chi connectivity index (χ2v) is 7.77. The number of nitro benzene ring substituents is 1. The Labute approximate surface area is 204 Å². The first-order valence-electron chi connectivity index (χ1n) is 10.4. The number of ether oxygens (including phenoxy) is 3. The third-order valence-electron chi connectivity index (χ3n) is 4.49. The van der Waals surface area contributed by atoms with E-state index in [1.54, 1.807) is 0 Å². The van der Waals surface area contributed by atoms with Gasteiger partial charge in [-0.2, -0.15) is 13.2 Å². The third-order valence-corrected chi connectivity index (χ3v) is 4.78. The molecule has 2 rings (SSSR count). The molecule has 2 aromatic carbocycles. The van der Waals surface area contributed by atoms with Crippen molar-refractivity contribution in [3.05, 3.63) is 69.3 Å². The first kappa shape index (κ1) is 27.9. The Balaban J connectivity index is 2.29. The van der Waals surface area contributed by atoms with Gasteiger partial charge in [0.15, 0.2) is 0 Å². The fourth-order valence-electron chi connectivity index (χ4n) is 2.79. The van der Waals surface area contributed by atoms with Crippen LogP contribution in [0, 0.1) is 10.1 Å². The summed E-state index contributed by atoms with van der Waals surface area (Å²) < 4.78 is 54.8. The highest BCUT2D eigenvalue weighted by atomic mass is 35.5. The van der Waals surface area contributed by atoms with E-state index >= 15 is 0 Å². The molecule has 1 N–H and O–H groups in total. The molecular weight excluding hydrogens is 495 g/mol. The second kappa shape index (κ2) is 12.4.